The van der Waals surface area contributed by atoms with E-state index in [1.165, 1.54) is 53.4 Å². The lowest BCUT2D eigenvalue weighted by atomic mass is 10.1. The van der Waals surface area contributed by atoms with Crippen molar-refractivity contribution in [2.75, 3.05) is 30.0 Å². The first-order chi connectivity index (χ1) is 14.9. The highest BCUT2D eigenvalue weighted by molar-refractivity contribution is 6.00. The molecular weight excluding hydrogens is 407 g/mol. The summed E-state index contributed by atoms with van der Waals surface area (Å²) in [5, 5.41) is 2.55. The second-order valence-corrected chi connectivity index (χ2v) is 6.84. The topological polar surface area (TPSA) is 102 Å². The minimum atomic E-state index is -0.714. The second kappa shape index (κ2) is 9.84. The Bertz CT molecular complexity index is 975. The Morgan fingerprint density at radius 3 is 2.39 bits per heavy atom. The van der Waals surface area contributed by atoms with Crippen LogP contribution in [0.25, 0.3) is 0 Å². The van der Waals surface area contributed by atoms with Gasteiger partial charge in [0.25, 0.3) is 5.91 Å². The second-order valence-electron chi connectivity index (χ2n) is 6.84. The maximum absolute atomic E-state index is 13.1. The maximum Gasteiger partial charge on any atom is 0.338 e. The highest BCUT2D eigenvalue weighted by Gasteiger charge is 2.36. The zero-order chi connectivity index (χ0) is 22.4. The summed E-state index contributed by atoms with van der Waals surface area (Å²) in [5.41, 5.74) is 1.27. The molecule has 0 saturated carbocycles. The molecule has 1 aliphatic heterocycles. The van der Waals surface area contributed by atoms with Crippen molar-refractivity contribution >= 4 is 35.1 Å². The number of nitrogens with zero attached hydrogens (tertiary/aromatic N) is 1. The standard InChI is InChI=1S/C22H21FN2O6/c1-2-30-21(28)14-3-7-17(8-4-14)24-19(26)13-31-22(29)15-11-20(27)25(12-15)18-9-5-16(23)6-10-18/h3-10,15H,2,11-13H2,1H3,(H,24,26)/t15-/m0/s1. The van der Waals surface area contributed by atoms with E-state index in [2.05, 4.69) is 5.32 Å². The molecule has 162 valence electrons. The van der Waals surface area contributed by atoms with Crippen molar-refractivity contribution in [3.05, 3.63) is 59.9 Å². The normalized spacial score (nSPS) is 15.5. The molecule has 1 aliphatic rings. The number of nitrogens with one attached hydrogen (secondary N) is 1. The van der Waals surface area contributed by atoms with Crippen molar-refractivity contribution in [2.45, 2.75) is 13.3 Å². The number of rotatable bonds is 7. The zero-order valence-corrected chi connectivity index (χ0v) is 16.8. The minimum Gasteiger partial charge on any atom is -0.462 e. The van der Waals surface area contributed by atoms with Gasteiger partial charge in [-0.05, 0) is 55.5 Å². The summed E-state index contributed by atoms with van der Waals surface area (Å²) >= 11 is 0. The van der Waals surface area contributed by atoms with Gasteiger partial charge in [-0.3, -0.25) is 14.4 Å². The fourth-order valence-corrected chi connectivity index (χ4v) is 3.09. The largest absolute Gasteiger partial charge is 0.462 e. The Balaban J connectivity index is 1.48. The number of benzene rings is 2. The summed E-state index contributed by atoms with van der Waals surface area (Å²) < 4.78 is 23.0. The lowest BCUT2D eigenvalue weighted by Gasteiger charge is -2.16. The Kier molecular flexibility index (Phi) is 6.96. The molecule has 0 aromatic heterocycles. The molecule has 1 atom stereocenters. The summed E-state index contributed by atoms with van der Waals surface area (Å²) in [7, 11) is 0. The van der Waals surface area contributed by atoms with E-state index in [1.54, 1.807) is 6.92 Å². The van der Waals surface area contributed by atoms with E-state index in [1.807, 2.05) is 0 Å². The number of carbonyl (C=O) groups is 4. The monoisotopic (exact) mass is 428 g/mol. The molecule has 0 radical (unpaired) electrons. The van der Waals surface area contributed by atoms with E-state index in [0.29, 0.717) is 16.9 Å². The summed E-state index contributed by atoms with van der Waals surface area (Å²) in [6, 6.07) is 11.5. The van der Waals surface area contributed by atoms with Crippen molar-refractivity contribution in [1.29, 1.82) is 0 Å². The molecule has 1 N–H and O–H groups in total. The van der Waals surface area contributed by atoms with Crippen LogP contribution in [0.5, 0.6) is 0 Å². The van der Waals surface area contributed by atoms with Crippen molar-refractivity contribution in [3.8, 4) is 0 Å². The highest BCUT2D eigenvalue weighted by Crippen LogP contribution is 2.26. The predicted octanol–water partition coefficient (Wildman–Crippen LogP) is 2.54. The van der Waals surface area contributed by atoms with Crippen LogP contribution in [-0.4, -0.2) is 43.5 Å². The molecule has 3 rings (SSSR count). The molecule has 0 spiro atoms. The van der Waals surface area contributed by atoms with Gasteiger partial charge in [-0.1, -0.05) is 0 Å². The molecule has 0 unspecified atom stereocenters. The molecule has 1 saturated heterocycles. The number of carbonyl (C=O) groups excluding carboxylic acids is 4. The van der Waals surface area contributed by atoms with Gasteiger partial charge < -0.3 is 19.7 Å². The van der Waals surface area contributed by atoms with E-state index >= 15 is 0 Å². The highest BCUT2D eigenvalue weighted by atomic mass is 19.1. The molecule has 0 aliphatic carbocycles. The van der Waals surface area contributed by atoms with E-state index < -0.39 is 36.2 Å². The van der Waals surface area contributed by atoms with Crippen molar-refractivity contribution in [3.63, 3.8) is 0 Å². The Hall–Kier alpha value is -3.75. The fourth-order valence-electron chi connectivity index (χ4n) is 3.09. The van der Waals surface area contributed by atoms with Gasteiger partial charge in [0.15, 0.2) is 6.61 Å². The van der Waals surface area contributed by atoms with Gasteiger partial charge >= 0.3 is 11.9 Å². The molecular formula is C22H21FN2O6. The average Bonchev–Trinajstić information content (AvgIpc) is 3.15. The fraction of sp³-hybridized carbons (Fsp3) is 0.273. The van der Waals surface area contributed by atoms with E-state index in [-0.39, 0.29) is 25.5 Å². The Labute approximate surface area is 177 Å². The number of halogens is 1. The Morgan fingerprint density at radius 1 is 1.06 bits per heavy atom. The first-order valence-corrected chi connectivity index (χ1v) is 9.67. The van der Waals surface area contributed by atoms with Crippen LogP contribution in [0.1, 0.15) is 23.7 Å². The third-order valence-corrected chi connectivity index (χ3v) is 4.62. The first kappa shape index (κ1) is 21.9. The quantitative estimate of drug-likeness (QED) is 0.680. The first-order valence-electron chi connectivity index (χ1n) is 9.67. The molecule has 0 bridgehead atoms. The number of anilines is 2. The van der Waals surface area contributed by atoms with Gasteiger partial charge in [-0.2, -0.15) is 0 Å². The lowest BCUT2D eigenvalue weighted by molar-refractivity contribution is -0.151. The van der Waals surface area contributed by atoms with Crippen molar-refractivity contribution in [2.24, 2.45) is 5.92 Å². The van der Waals surface area contributed by atoms with Crippen molar-refractivity contribution < 1.29 is 33.0 Å². The average molecular weight is 428 g/mol. The van der Waals surface area contributed by atoms with Crippen LogP contribution in [0.15, 0.2) is 48.5 Å². The number of esters is 2. The van der Waals surface area contributed by atoms with Crippen molar-refractivity contribution in [1.82, 2.24) is 0 Å². The van der Waals surface area contributed by atoms with Crippen LogP contribution < -0.4 is 10.2 Å². The summed E-state index contributed by atoms with van der Waals surface area (Å²) in [4.78, 5) is 49.5. The smallest absolute Gasteiger partial charge is 0.338 e. The minimum absolute atomic E-state index is 0.0485. The van der Waals surface area contributed by atoms with Gasteiger partial charge in [-0.15, -0.1) is 0 Å². The lowest BCUT2D eigenvalue weighted by Crippen LogP contribution is -2.28. The van der Waals surface area contributed by atoms with Gasteiger partial charge in [0.2, 0.25) is 5.91 Å². The van der Waals surface area contributed by atoms with Gasteiger partial charge in [0.05, 0.1) is 18.1 Å². The van der Waals surface area contributed by atoms with Crippen LogP contribution >= 0.6 is 0 Å². The molecule has 31 heavy (non-hydrogen) atoms. The molecule has 2 amide bonds. The molecule has 1 fully saturated rings. The van der Waals surface area contributed by atoms with Crippen LogP contribution in [0.2, 0.25) is 0 Å². The molecule has 2 aromatic rings. The number of hydrogen-bond acceptors (Lipinski definition) is 6. The summed E-state index contributed by atoms with van der Waals surface area (Å²) in [6.07, 6.45) is -0.0485. The summed E-state index contributed by atoms with van der Waals surface area (Å²) in [6.45, 7) is 1.55. The maximum atomic E-state index is 13.1. The van der Waals surface area contributed by atoms with Gasteiger partial charge in [0, 0.05) is 24.3 Å². The zero-order valence-electron chi connectivity index (χ0n) is 16.8. The molecule has 9 heteroatoms. The van der Waals surface area contributed by atoms with Gasteiger partial charge in [0.1, 0.15) is 5.82 Å². The predicted molar refractivity (Wildman–Crippen MR) is 109 cm³/mol. The number of amides is 2. The van der Waals surface area contributed by atoms with E-state index in [4.69, 9.17) is 9.47 Å². The van der Waals surface area contributed by atoms with Crippen LogP contribution in [-0.2, 0) is 23.9 Å². The van der Waals surface area contributed by atoms with Crippen LogP contribution in [0, 0.1) is 11.7 Å². The third kappa shape index (κ3) is 5.65. The molecule has 2 aromatic carbocycles. The summed E-state index contributed by atoms with van der Waals surface area (Å²) in [5.74, 6) is -3.10. The molecule has 1 heterocycles. The van der Waals surface area contributed by atoms with Crippen LogP contribution in [0.3, 0.4) is 0 Å². The third-order valence-electron chi connectivity index (χ3n) is 4.62. The Morgan fingerprint density at radius 2 is 1.74 bits per heavy atom. The van der Waals surface area contributed by atoms with E-state index in [0.717, 1.165) is 0 Å². The van der Waals surface area contributed by atoms with Crippen LogP contribution in [0.4, 0.5) is 15.8 Å². The van der Waals surface area contributed by atoms with Gasteiger partial charge in [-0.25, -0.2) is 9.18 Å². The number of hydrogen-bond donors (Lipinski definition) is 1. The molecule has 8 nitrogen and oxygen atoms in total. The van der Waals surface area contributed by atoms with E-state index in [9.17, 15) is 23.6 Å². The number of ether oxygens (including phenoxy) is 2. The SMILES string of the molecule is CCOC(=O)c1ccc(NC(=O)COC(=O)[C@H]2CC(=O)N(c3ccc(F)cc3)C2)cc1.